The summed E-state index contributed by atoms with van der Waals surface area (Å²) in [6, 6.07) is 5.23. The van der Waals surface area contributed by atoms with Gasteiger partial charge >= 0.3 is 5.97 Å². The molecule has 1 saturated heterocycles. The van der Waals surface area contributed by atoms with E-state index >= 15 is 0 Å². The minimum Gasteiger partial charge on any atom is -0.481 e. The Bertz CT molecular complexity index is 670. The van der Waals surface area contributed by atoms with Gasteiger partial charge in [0.25, 0.3) is 5.91 Å². The van der Waals surface area contributed by atoms with Crippen molar-refractivity contribution < 1.29 is 19.5 Å². The molecule has 116 valence electrons. The lowest BCUT2D eigenvalue weighted by molar-refractivity contribution is -0.147. The Labute approximate surface area is 128 Å². The van der Waals surface area contributed by atoms with E-state index in [1.807, 2.05) is 0 Å². The summed E-state index contributed by atoms with van der Waals surface area (Å²) in [5.74, 6) is -1.02. The van der Waals surface area contributed by atoms with Crippen LogP contribution >= 0.6 is 0 Å². The van der Waals surface area contributed by atoms with Crippen LogP contribution in [-0.2, 0) is 16.0 Å². The Morgan fingerprint density at radius 3 is 2.77 bits per heavy atom. The molecule has 3 rings (SSSR count). The number of benzene rings is 1. The number of aryl methyl sites for hydroxylation is 1. The van der Waals surface area contributed by atoms with Gasteiger partial charge in [0.2, 0.25) is 5.91 Å². The van der Waals surface area contributed by atoms with E-state index in [0.717, 1.165) is 11.3 Å². The van der Waals surface area contributed by atoms with Crippen LogP contribution < -0.4 is 5.32 Å². The third kappa shape index (κ3) is 2.45. The highest BCUT2D eigenvalue weighted by atomic mass is 16.4. The second kappa shape index (κ2) is 5.12. The number of aliphatic carboxylic acids is 1. The monoisotopic (exact) mass is 302 g/mol. The first kappa shape index (κ1) is 14.6. The molecule has 2 aliphatic rings. The van der Waals surface area contributed by atoms with E-state index in [1.165, 1.54) is 0 Å². The number of amides is 2. The van der Waals surface area contributed by atoms with Crippen LogP contribution in [0.3, 0.4) is 0 Å². The number of anilines is 1. The van der Waals surface area contributed by atoms with Crippen molar-refractivity contribution in [2.45, 2.75) is 26.2 Å². The van der Waals surface area contributed by atoms with Crippen molar-refractivity contribution in [3.8, 4) is 0 Å². The summed E-state index contributed by atoms with van der Waals surface area (Å²) in [7, 11) is 0. The second-order valence-corrected chi connectivity index (χ2v) is 6.26. The fourth-order valence-corrected chi connectivity index (χ4v) is 3.01. The largest absolute Gasteiger partial charge is 0.481 e. The summed E-state index contributed by atoms with van der Waals surface area (Å²) in [5, 5.41) is 12.0. The molecule has 1 aromatic rings. The van der Waals surface area contributed by atoms with Crippen molar-refractivity contribution in [3.63, 3.8) is 0 Å². The minimum absolute atomic E-state index is 0.0108. The Kier molecular flexibility index (Phi) is 3.39. The SMILES string of the molecule is CC1(C(=O)O)CCN(C(=O)c2ccc3c(c2)CCC(=O)N3)C1. The van der Waals surface area contributed by atoms with Crippen molar-refractivity contribution >= 4 is 23.5 Å². The highest BCUT2D eigenvalue weighted by Gasteiger charge is 2.42. The van der Waals surface area contributed by atoms with Crippen LogP contribution in [0.4, 0.5) is 5.69 Å². The molecule has 2 amide bonds. The van der Waals surface area contributed by atoms with E-state index in [0.29, 0.717) is 31.4 Å². The van der Waals surface area contributed by atoms with E-state index in [1.54, 1.807) is 30.0 Å². The summed E-state index contributed by atoms with van der Waals surface area (Å²) in [6.45, 7) is 2.36. The van der Waals surface area contributed by atoms with Crippen LogP contribution in [0.1, 0.15) is 35.7 Å². The van der Waals surface area contributed by atoms with E-state index in [-0.39, 0.29) is 18.4 Å². The van der Waals surface area contributed by atoms with Crippen molar-refractivity contribution in [1.29, 1.82) is 0 Å². The zero-order valence-corrected chi connectivity index (χ0v) is 12.4. The molecule has 1 unspecified atom stereocenters. The number of hydrogen-bond acceptors (Lipinski definition) is 3. The molecule has 1 atom stereocenters. The lowest BCUT2D eigenvalue weighted by atomic mass is 9.90. The summed E-state index contributed by atoms with van der Waals surface area (Å²) < 4.78 is 0. The molecule has 0 spiro atoms. The zero-order valence-electron chi connectivity index (χ0n) is 12.4. The van der Waals surface area contributed by atoms with E-state index in [2.05, 4.69) is 5.32 Å². The lowest BCUT2D eigenvalue weighted by Gasteiger charge is -2.22. The quantitative estimate of drug-likeness (QED) is 0.867. The molecule has 6 nitrogen and oxygen atoms in total. The highest BCUT2D eigenvalue weighted by Crippen LogP contribution is 2.32. The fraction of sp³-hybridized carbons (Fsp3) is 0.438. The number of carboxylic acids is 1. The summed E-state index contributed by atoms with van der Waals surface area (Å²) in [5.41, 5.74) is 1.39. The van der Waals surface area contributed by atoms with Gasteiger partial charge < -0.3 is 15.3 Å². The van der Waals surface area contributed by atoms with Crippen molar-refractivity contribution in [1.82, 2.24) is 4.90 Å². The minimum atomic E-state index is -0.865. The number of nitrogens with one attached hydrogen (secondary N) is 1. The van der Waals surface area contributed by atoms with Gasteiger partial charge in [0, 0.05) is 30.8 Å². The van der Waals surface area contributed by atoms with Gasteiger partial charge in [-0.05, 0) is 43.5 Å². The maximum Gasteiger partial charge on any atom is 0.311 e. The number of carbonyl (C=O) groups excluding carboxylic acids is 2. The Hall–Kier alpha value is -2.37. The molecule has 2 N–H and O–H groups in total. The topological polar surface area (TPSA) is 86.7 Å². The molecule has 1 fully saturated rings. The van der Waals surface area contributed by atoms with E-state index in [9.17, 15) is 19.5 Å². The van der Waals surface area contributed by atoms with Crippen LogP contribution in [0.15, 0.2) is 18.2 Å². The number of carboxylic acid groups (broad SMARTS) is 1. The normalized spacial score (nSPS) is 23.9. The van der Waals surface area contributed by atoms with Crippen LogP contribution in [0.2, 0.25) is 0 Å². The molecule has 2 aliphatic heterocycles. The first-order valence-corrected chi connectivity index (χ1v) is 7.34. The molecule has 2 heterocycles. The highest BCUT2D eigenvalue weighted by molar-refractivity contribution is 5.98. The molecule has 0 aromatic heterocycles. The second-order valence-electron chi connectivity index (χ2n) is 6.26. The predicted octanol–water partition coefficient (Wildman–Crippen LogP) is 1.51. The standard InChI is InChI=1S/C16H18N2O4/c1-16(15(21)22)6-7-18(9-16)14(20)11-2-4-12-10(8-11)3-5-13(19)17-12/h2,4,8H,3,5-7,9H2,1H3,(H,17,19)(H,21,22). The van der Waals surface area contributed by atoms with Crippen LogP contribution in [-0.4, -0.2) is 40.9 Å². The Morgan fingerprint density at radius 2 is 2.09 bits per heavy atom. The Morgan fingerprint density at radius 1 is 1.32 bits per heavy atom. The van der Waals surface area contributed by atoms with Crippen LogP contribution in [0.5, 0.6) is 0 Å². The van der Waals surface area contributed by atoms with Gasteiger partial charge in [-0.25, -0.2) is 0 Å². The van der Waals surface area contributed by atoms with Gasteiger partial charge in [0.15, 0.2) is 0 Å². The van der Waals surface area contributed by atoms with Gasteiger partial charge in [-0.15, -0.1) is 0 Å². The van der Waals surface area contributed by atoms with Gasteiger partial charge in [-0.2, -0.15) is 0 Å². The number of rotatable bonds is 2. The van der Waals surface area contributed by atoms with Crippen LogP contribution in [0, 0.1) is 5.41 Å². The molecular formula is C16H18N2O4. The van der Waals surface area contributed by atoms with E-state index < -0.39 is 11.4 Å². The summed E-state index contributed by atoms with van der Waals surface area (Å²) in [4.78, 5) is 36.8. The molecule has 1 aromatic carbocycles. The zero-order chi connectivity index (χ0) is 15.9. The average molecular weight is 302 g/mol. The molecule has 0 bridgehead atoms. The molecule has 6 heteroatoms. The van der Waals surface area contributed by atoms with Crippen molar-refractivity contribution in [3.05, 3.63) is 29.3 Å². The maximum atomic E-state index is 12.6. The molecule has 0 aliphatic carbocycles. The van der Waals surface area contributed by atoms with Crippen molar-refractivity contribution in [2.75, 3.05) is 18.4 Å². The fourth-order valence-electron chi connectivity index (χ4n) is 3.01. The summed E-state index contributed by atoms with van der Waals surface area (Å²) in [6.07, 6.45) is 1.51. The summed E-state index contributed by atoms with van der Waals surface area (Å²) >= 11 is 0. The average Bonchev–Trinajstić information content (AvgIpc) is 2.90. The van der Waals surface area contributed by atoms with E-state index in [4.69, 9.17) is 0 Å². The number of likely N-dealkylation sites (tertiary alicyclic amines) is 1. The predicted molar refractivity (Wildman–Crippen MR) is 79.7 cm³/mol. The first-order chi connectivity index (χ1) is 10.4. The third-order valence-corrected chi connectivity index (χ3v) is 4.52. The number of nitrogens with zero attached hydrogens (tertiary/aromatic N) is 1. The molecule has 22 heavy (non-hydrogen) atoms. The third-order valence-electron chi connectivity index (χ3n) is 4.52. The Balaban J connectivity index is 1.79. The molecular weight excluding hydrogens is 284 g/mol. The lowest BCUT2D eigenvalue weighted by Crippen LogP contribution is -2.35. The number of carbonyl (C=O) groups is 3. The van der Waals surface area contributed by atoms with Crippen molar-refractivity contribution in [2.24, 2.45) is 5.41 Å². The number of hydrogen-bond donors (Lipinski definition) is 2. The number of fused-ring (bicyclic) bond motifs is 1. The first-order valence-electron chi connectivity index (χ1n) is 7.34. The van der Waals surface area contributed by atoms with Gasteiger partial charge in [0.1, 0.15) is 0 Å². The van der Waals surface area contributed by atoms with Gasteiger partial charge in [-0.1, -0.05) is 0 Å². The maximum absolute atomic E-state index is 12.6. The smallest absolute Gasteiger partial charge is 0.311 e. The van der Waals surface area contributed by atoms with Gasteiger partial charge in [-0.3, -0.25) is 14.4 Å². The molecule has 0 radical (unpaired) electrons. The van der Waals surface area contributed by atoms with Crippen LogP contribution in [0.25, 0.3) is 0 Å². The molecule has 0 saturated carbocycles. The van der Waals surface area contributed by atoms with Gasteiger partial charge in [0.05, 0.1) is 5.41 Å².